The minimum atomic E-state index is 0.788. The lowest BCUT2D eigenvalue weighted by atomic mass is 10.1. The molecule has 106 valence electrons. The molecular formula is C17H23N3. The van der Waals surface area contributed by atoms with E-state index in [-0.39, 0.29) is 0 Å². The molecule has 0 aliphatic heterocycles. The lowest BCUT2D eigenvalue weighted by molar-refractivity contribution is 0.892. The number of nitrogens with one attached hydrogen (secondary N) is 1. The normalized spacial score (nSPS) is 10.6. The molecule has 1 N–H and O–H groups in total. The number of hydrogen-bond donors (Lipinski definition) is 1. The highest BCUT2D eigenvalue weighted by molar-refractivity contribution is 5.37. The van der Waals surface area contributed by atoms with Crippen LogP contribution in [0.5, 0.6) is 0 Å². The first-order chi connectivity index (χ1) is 9.71. The lowest BCUT2D eigenvalue weighted by Gasteiger charge is -2.09. The highest BCUT2D eigenvalue weighted by atomic mass is 15.0. The smallest absolute Gasteiger partial charge is 0.135 e. The van der Waals surface area contributed by atoms with E-state index in [0.717, 1.165) is 43.1 Å². The molecule has 0 radical (unpaired) electrons. The SMILES string of the molecule is CCCNc1cc(CC)nc(Cc2cccc(C)c2)n1. The summed E-state index contributed by atoms with van der Waals surface area (Å²) in [6.45, 7) is 7.34. The van der Waals surface area contributed by atoms with Gasteiger partial charge in [-0.2, -0.15) is 0 Å². The van der Waals surface area contributed by atoms with Gasteiger partial charge in [0.15, 0.2) is 0 Å². The Labute approximate surface area is 121 Å². The van der Waals surface area contributed by atoms with Gasteiger partial charge in [-0.1, -0.05) is 43.7 Å². The van der Waals surface area contributed by atoms with Gasteiger partial charge in [0.1, 0.15) is 11.6 Å². The highest BCUT2D eigenvalue weighted by Crippen LogP contribution is 2.12. The van der Waals surface area contributed by atoms with Crippen molar-refractivity contribution >= 4 is 5.82 Å². The molecule has 0 saturated carbocycles. The van der Waals surface area contributed by atoms with Crippen LogP contribution in [0.2, 0.25) is 0 Å². The summed E-state index contributed by atoms with van der Waals surface area (Å²) in [6.07, 6.45) is 2.82. The van der Waals surface area contributed by atoms with Crippen LogP contribution < -0.4 is 5.32 Å². The Balaban J connectivity index is 2.21. The molecule has 20 heavy (non-hydrogen) atoms. The van der Waals surface area contributed by atoms with E-state index in [1.54, 1.807) is 0 Å². The van der Waals surface area contributed by atoms with Crippen molar-refractivity contribution in [2.45, 2.75) is 40.0 Å². The van der Waals surface area contributed by atoms with E-state index in [9.17, 15) is 0 Å². The van der Waals surface area contributed by atoms with Crippen LogP contribution in [0.3, 0.4) is 0 Å². The van der Waals surface area contributed by atoms with E-state index in [4.69, 9.17) is 0 Å². The molecule has 0 aliphatic rings. The van der Waals surface area contributed by atoms with Gasteiger partial charge in [0.2, 0.25) is 0 Å². The van der Waals surface area contributed by atoms with Crippen molar-refractivity contribution in [2.75, 3.05) is 11.9 Å². The van der Waals surface area contributed by atoms with E-state index in [0.29, 0.717) is 0 Å². The molecule has 0 saturated heterocycles. The quantitative estimate of drug-likeness (QED) is 0.867. The molecule has 3 heteroatoms. The van der Waals surface area contributed by atoms with Crippen LogP contribution >= 0.6 is 0 Å². The summed E-state index contributed by atoms with van der Waals surface area (Å²) in [6, 6.07) is 10.6. The maximum absolute atomic E-state index is 4.63. The Bertz CT molecular complexity index is 564. The molecule has 0 aliphatic carbocycles. The second kappa shape index (κ2) is 7.04. The van der Waals surface area contributed by atoms with Gasteiger partial charge in [0, 0.05) is 24.7 Å². The third kappa shape index (κ3) is 4.05. The molecule has 1 aromatic carbocycles. The number of aromatic nitrogens is 2. The molecule has 0 fully saturated rings. The van der Waals surface area contributed by atoms with E-state index in [1.807, 2.05) is 0 Å². The largest absolute Gasteiger partial charge is 0.370 e. The Morgan fingerprint density at radius 3 is 2.65 bits per heavy atom. The number of hydrogen-bond acceptors (Lipinski definition) is 3. The first-order valence-electron chi connectivity index (χ1n) is 7.37. The Morgan fingerprint density at radius 1 is 1.10 bits per heavy atom. The van der Waals surface area contributed by atoms with Crippen LogP contribution in [0.25, 0.3) is 0 Å². The number of nitrogens with zero attached hydrogens (tertiary/aromatic N) is 2. The third-order valence-electron chi connectivity index (χ3n) is 3.19. The van der Waals surface area contributed by atoms with Crippen molar-refractivity contribution in [3.63, 3.8) is 0 Å². The van der Waals surface area contributed by atoms with Crippen molar-refractivity contribution in [1.29, 1.82) is 0 Å². The van der Waals surface area contributed by atoms with Crippen LogP contribution in [0.15, 0.2) is 30.3 Å². The minimum absolute atomic E-state index is 0.788. The summed E-state index contributed by atoms with van der Waals surface area (Å²) in [5.41, 5.74) is 3.64. The highest BCUT2D eigenvalue weighted by Gasteiger charge is 2.05. The lowest BCUT2D eigenvalue weighted by Crippen LogP contribution is -2.07. The van der Waals surface area contributed by atoms with E-state index >= 15 is 0 Å². The monoisotopic (exact) mass is 269 g/mol. The first-order valence-corrected chi connectivity index (χ1v) is 7.37. The zero-order valence-electron chi connectivity index (χ0n) is 12.6. The van der Waals surface area contributed by atoms with Crippen LogP contribution in [-0.4, -0.2) is 16.5 Å². The Morgan fingerprint density at radius 2 is 1.95 bits per heavy atom. The summed E-state index contributed by atoms with van der Waals surface area (Å²) in [5, 5.41) is 3.36. The molecule has 0 spiro atoms. The molecule has 2 rings (SSSR count). The summed E-state index contributed by atoms with van der Waals surface area (Å²) < 4.78 is 0. The van der Waals surface area contributed by atoms with Crippen molar-refractivity contribution in [1.82, 2.24) is 9.97 Å². The first kappa shape index (κ1) is 14.5. The van der Waals surface area contributed by atoms with Gasteiger partial charge < -0.3 is 5.32 Å². The zero-order chi connectivity index (χ0) is 14.4. The predicted molar refractivity (Wildman–Crippen MR) is 84.2 cm³/mol. The second-order valence-corrected chi connectivity index (χ2v) is 5.11. The molecule has 0 amide bonds. The van der Waals surface area contributed by atoms with Crippen molar-refractivity contribution in [2.24, 2.45) is 0 Å². The van der Waals surface area contributed by atoms with Crippen LogP contribution in [0.1, 0.15) is 42.9 Å². The van der Waals surface area contributed by atoms with Crippen LogP contribution in [-0.2, 0) is 12.8 Å². The topological polar surface area (TPSA) is 37.8 Å². The maximum Gasteiger partial charge on any atom is 0.135 e. The average molecular weight is 269 g/mol. The number of benzene rings is 1. The minimum Gasteiger partial charge on any atom is -0.370 e. The van der Waals surface area contributed by atoms with Gasteiger partial charge >= 0.3 is 0 Å². The van der Waals surface area contributed by atoms with Crippen molar-refractivity contribution in [3.8, 4) is 0 Å². The molecule has 1 heterocycles. The van der Waals surface area contributed by atoms with E-state index in [2.05, 4.69) is 66.4 Å². The van der Waals surface area contributed by atoms with Crippen LogP contribution in [0, 0.1) is 6.92 Å². The second-order valence-electron chi connectivity index (χ2n) is 5.11. The maximum atomic E-state index is 4.63. The van der Waals surface area contributed by atoms with Crippen LogP contribution in [0.4, 0.5) is 5.82 Å². The fourth-order valence-electron chi connectivity index (χ4n) is 2.16. The van der Waals surface area contributed by atoms with Gasteiger partial charge in [-0.15, -0.1) is 0 Å². The van der Waals surface area contributed by atoms with Crippen molar-refractivity contribution in [3.05, 3.63) is 53.0 Å². The molecule has 3 nitrogen and oxygen atoms in total. The number of aryl methyl sites for hydroxylation is 2. The van der Waals surface area contributed by atoms with Crippen molar-refractivity contribution < 1.29 is 0 Å². The number of rotatable bonds is 6. The summed E-state index contributed by atoms with van der Waals surface area (Å²) in [5.74, 6) is 1.84. The summed E-state index contributed by atoms with van der Waals surface area (Å²) in [4.78, 5) is 9.26. The summed E-state index contributed by atoms with van der Waals surface area (Å²) >= 11 is 0. The molecule has 0 unspecified atom stereocenters. The predicted octanol–water partition coefficient (Wildman–Crippen LogP) is 3.76. The molecule has 0 bridgehead atoms. The van der Waals surface area contributed by atoms with Gasteiger partial charge in [0.05, 0.1) is 0 Å². The summed E-state index contributed by atoms with van der Waals surface area (Å²) in [7, 11) is 0. The molecule has 2 aromatic rings. The van der Waals surface area contributed by atoms with Gasteiger partial charge in [-0.25, -0.2) is 9.97 Å². The average Bonchev–Trinajstić information content (AvgIpc) is 2.45. The Kier molecular flexibility index (Phi) is 5.10. The fraction of sp³-hybridized carbons (Fsp3) is 0.412. The standard InChI is InChI=1S/C17H23N3/c1-4-9-18-16-12-15(5-2)19-17(20-16)11-14-8-6-7-13(3)10-14/h6-8,10,12H,4-5,9,11H2,1-3H3,(H,18,19,20). The number of anilines is 1. The fourth-order valence-corrected chi connectivity index (χ4v) is 2.16. The van der Waals surface area contributed by atoms with E-state index in [1.165, 1.54) is 11.1 Å². The van der Waals surface area contributed by atoms with Gasteiger partial charge in [0.25, 0.3) is 0 Å². The third-order valence-corrected chi connectivity index (χ3v) is 3.19. The Hall–Kier alpha value is -1.90. The zero-order valence-corrected chi connectivity index (χ0v) is 12.6. The molecular weight excluding hydrogens is 246 g/mol. The molecule has 1 aromatic heterocycles. The van der Waals surface area contributed by atoms with E-state index < -0.39 is 0 Å². The molecule has 0 atom stereocenters. The van der Waals surface area contributed by atoms with Gasteiger partial charge in [-0.05, 0) is 25.3 Å². The van der Waals surface area contributed by atoms with Gasteiger partial charge in [-0.3, -0.25) is 0 Å².